The highest BCUT2D eigenvalue weighted by Gasteiger charge is 2.40. The number of hydrogen-bond acceptors (Lipinski definition) is 1. The van der Waals surface area contributed by atoms with Crippen LogP contribution in [0.2, 0.25) is 0 Å². The van der Waals surface area contributed by atoms with E-state index in [1.165, 1.54) is 83.5 Å². The standard InChI is InChI=1S/C30H30IN/c1-2-3-4-5-6-11-18-30(31)27-15-10-9-14-25(27)26-17-16-23(19-28(26)30)29-20-22-12-7-8-13-24(22)21-32-29/h7-10,12-17,19-21H,2-6,11,18H2,1H3. The topological polar surface area (TPSA) is 12.9 Å². The highest BCUT2D eigenvalue weighted by Crippen LogP contribution is 2.56. The number of fused-ring (bicyclic) bond motifs is 4. The molecule has 1 aromatic heterocycles. The molecule has 0 amide bonds. The molecule has 1 nitrogen and oxygen atoms in total. The third kappa shape index (κ3) is 3.98. The number of hydrogen-bond donors (Lipinski definition) is 0. The van der Waals surface area contributed by atoms with E-state index in [9.17, 15) is 0 Å². The van der Waals surface area contributed by atoms with Gasteiger partial charge in [0, 0.05) is 17.1 Å². The Kier molecular flexibility index (Phi) is 6.32. The average Bonchev–Trinajstić information content (AvgIpc) is 3.09. The fraction of sp³-hybridized carbons (Fsp3) is 0.300. The average molecular weight is 531 g/mol. The van der Waals surface area contributed by atoms with Gasteiger partial charge in [-0.15, -0.1) is 0 Å². The molecule has 0 aliphatic heterocycles. The van der Waals surface area contributed by atoms with Crippen LogP contribution >= 0.6 is 22.6 Å². The van der Waals surface area contributed by atoms with Gasteiger partial charge in [0.05, 0.1) is 9.12 Å². The fourth-order valence-corrected chi connectivity index (χ4v) is 6.43. The Labute approximate surface area is 205 Å². The highest BCUT2D eigenvalue weighted by molar-refractivity contribution is 14.1. The second-order valence-corrected chi connectivity index (χ2v) is 10.9. The summed E-state index contributed by atoms with van der Waals surface area (Å²) < 4.78 is 0.0430. The van der Waals surface area contributed by atoms with Crippen LogP contribution < -0.4 is 0 Å². The summed E-state index contributed by atoms with van der Waals surface area (Å²) in [5, 5.41) is 2.44. The van der Waals surface area contributed by atoms with Gasteiger partial charge in [-0.25, -0.2) is 0 Å². The van der Waals surface area contributed by atoms with Gasteiger partial charge in [-0.05, 0) is 46.2 Å². The molecule has 162 valence electrons. The molecule has 4 aromatic rings. The minimum Gasteiger partial charge on any atom is -0.256 e. The van der Waals surface area contributed by atoms with Crippen molar-refractivity contribution >= 4 is 33.4 Å². The summed E-state index contributed by atoms with van der Waals surface area (Å²) in [6.45, 7) is 2.29. The van der Waals surface area contributed by atoms with E-state index >= 15 is 0 Å². The smallest absolute Gasteiger partial charge is 0.0730 e. The summed E-state index contributed by atoms with van der Waals surface area (Å²) in [6, 6.07) is 26.7. The van der Waals surface area contributed by atoms with Crippen LogP contribution in [0.25, 0.3) is 33.2 Å². The van der Waals surface area contributed by atoms with Gasteiger partial charge in [0.25, 0.3) is 0 Å². The molecule has 0 saturated heterocycles. The lowest BCUT2D eigenvalue weighted by atomic mass is 9.89. The fourth-order valence-electron chi connectivity index (χ4n) is 5.13. The van der Waals surface area contributed by atoms with Crippen LogP contribution in [-0.4, -0.2) is 4.98 Å². The molecule has 0 radical (unpaired) electrons. The van der Waals surface area contributed by atoms with Crippen LogP contribution in [0.1, 0.15) is 63.0 Å². The van der Waals surface area contributed by atoms with Crippen LogP contribution in [0.5, 0.6) is 0 Å². The Morgan fingerprint density at radius 2 is 1.44 bits per heavy atom. The molecule has 0 saturated carbocycles. The second-order valence-electron chi connectivity index (χ2n) is 9.04. The Morgan fingerprint density at radius 3 is 2.31 bits per heavy atom. The number of rotatable bonds is 8. The number of benzene rings is 3. The van der Waals surface area contributed by atoms with E-state index < -0.39 is 0 Å². The van der Waals surface area contributed by atoms with Gasteiger partial charge in [0.1, 0.15) is 0 Å². The van der Waals surface area contributed by atoms with Crippen molar-refractivity contribution in [1.29, 1.82) is 0 Å². The predicted octanol–water partition coefficient (Wildman–Crippen LogP) is 9.31. The molecule has 2 heteroatoms. The van der Waals surface area contributed by atoms with Crippen molar-refractivity contribution in [2.45, 2.75) is 55.3 Å². The Hall–Kier alpha value is -2.20. The van der Waals surface area contributed by atoms with E-state index in [0.29, 0.717) is 0 Å². The maximum absolute atomic E-state index is 4.80. The molecular formula is C30H30IN. The summed E-state index contributed by atoms with van der Waals surface area (Å²) in [5.74, 6) is 0. The first-order chi connectivity index (χ1) is 15.7. The van der Waals surface area contributed by atoms with Crippen molar-refractivity contribution in [2.75, 3.05) is 0 Å². The zero-order chi connectivity index (χ0) is 22.0. The van der Waals surface area contributed by atoms with Crippen LogP contribution in [0.15, 0.2) is 79.0 Å². The first kappa shape index (κ1) is 21.6. The van der Waals surface area contributed by atoms with Crippen LogP contribution in [0, 0.1) is 0 Å². The van der Waals surface area contributed by atoms with Crippen LogP contribution in [0.3, 0.4) is 0 Å². The lowest BCUT2D eigenvalue weighted by Gasteiger charge is -2.26. The van der Waals surface area contributed by atoms with Crippen molar-refractivity contribution < 1.29 is 0 Å². The van der Waals surface area contributed by atoms with Crippen molar-refractivity contribution in [3.63, 3.8) is 0 Å². The summed E-state index contributed by atoms with van der Waals surface area (Å²) >= 11 is 2.75. The molecule has 1 heterocycles. The van der Waals surface area contributed by atoms with Crippen LogP contribution in [0.4, 0.5) is 0 Å². The summed E-state index contributed by atoms with van der Waals surface area (Å²) in [6.07, 6.45) is 11.2. The highest BCUT2D eigenvalue weighted by atomic mass is 127. The maximum atomic E-state index is 4.80. The molecule has 0 fully saturated rings. The minimum atomic E-state index is 0.0430. The quantitative estimate of drug-likeness (QED) is 0.125. The number of pyridine rings is 1. The molecule has 1 aliphatic rings. The van der Waals surface area contributed by atoms with Gasteiger partial charge >= 0.3 is 0 Å². The number of alkyl halides is 1. The third-order valence-corrected chi connectivity index (χ3v) is 8.59. The lowest BCUT2D eigenvalue weighted by molar-refractivity contribution is 0.563. The first-order valence-corrected chi connectivity index (χ1v) is 13.1. The van der Waals surface area contributed by atoms with Gasteiger partial charge in [-0.2, -0.15) is 0 Å². The van der Waals surface area contributed by atoms with E-state index in [0.717, 1.165) is 5.69 Å². The molecular weight excluding hydrogens is 501 g/mol. The van der Waals surface area contributed by atoms with Gasteiger partial charge in [0.2, 0.25) is 0 Å². The molecule has 1 aliphatic carbocycles. The number of aromatic nitrogens is 1. The van der Waals surface area contributed by atoms with Gasteiger partial charge in [-0.1, -0.05) is 129 Å². The SMILES string of the molecule is CCCCCCCCC1(I)c2ccccc2-c2ccc(-c3cc4ccccc4cn3)cc21. The molecule has 3 aromatic carbocycles. The number of nitrogens with zero attached hydrogens (tertiary/aromatic N) is 1. The Bertz CT molecular complexity index is 1240. The van der Waals surface area contributed by atoms with Crippen molar-refractivity contribution in [1.82, 2.24) is 4.98 Å². The molecule has 5 rings (SSSR count). The van der Waals surface area contributed by atoms with Crippen molar-refractivity contribution in [3.05, 3.63) is 90.1 Å². The summed E-state index contributed by atoms with van der Waals surface area (Å²) in [7, 11) is 0. The van der Waals surface area contributed by atoms with Crippen molar-refractivity contribution in [2.24, 2.45) is 0 Å². The van der Waals surface area contributed by atoms with Crippen molar-refractivity contribution in [3.8, 4) is 22.4 Å². The zero-order valence-electron chi connectivity index (χ0n) is 18.8. The monoisotopic (exact) mass is 531 g/mol. The second kappa shape index (κ2) is 9.35. The van der Waals surface area contributed by atoms with E-state index in [1.54, 1.807) is 0 Å². The van der Waals surface area contributed by atoms with E-state index in [1.807, 2.05) is 6.20 Å². The van der Waals surface area contributed by atoms with Gasteiger partial charge in [0.15, 0.2) is 0 Å². The lowest BCUT2D eigenvalue weighted by Crippen LogP contribution is -2.16. The summed E-state index contributed by atoms with van der Waals surface area (Å²) in [4.78, 5) is 4.80. The maximum Gasteiger partial charge on any atom is 0.0730 e. The molecule has 1 unspecified atom stereocenters. The Morgan fingerprint density at radius 1 is 0.719 bits per heavy atom. The molecule has 0 spiro atoms. The first-order valence-electron chi connectivity index (χ1n) is 12.0. The number of halogens is 1. The minimum absolute atomic E-state index is 0.0430. The number of unbranched alkanes of at least 4 members (excludes halogenated alkanes) is 5. The normalized spacial score (nSPS) is 16.8. The molecule has 0 N–H and O–H groups in total. The van der Waals surface area contributed by atoms with Gasteiger partial charge < -0.3 is 0 Å². The zero-order valence-corrected chi connectivity index (χ0v) is 20.9. The third-order valence-electron chi connectivity index (χ3n) is 6.89. The van der Waals surface area contributed by atoms with E-state index in [2.05, 4.69) is 102 Å². The molecule has 0 bridgehead atoms. The molecule has 32 heavy (non-hydrogen) atoms. The Balaban J connectivity index is 1.49. The largest absolute Gasteiger partial charge is 0.256 e. The summed E-state index contributed by atoms with van der Waals surface area (Å²) in [5.41, 5.74) is 8.01. The van der Waals surface area contributed by atoms with Crippen LogP contribution in [-0.2, 0) is 3.42 Å². The van der Waals surface area contributed by atoms with Gasteiger partial charge in [-0.3, -0.25) is 4.98 Å². The van der Waals surface area contributed by atoms with E-state index in [4.69, 9.17) is 4.98 Å². The molecule has 1 atom stereocenters. The predicted molar refractivity (Wildman–Crippen MR) is 145 cm³/mol. The van der Waals surface area contributed by atoms with E-state index in [-0.39, 0.29) is 3.42 Å².